The van der Waals surface area contributed by atoms with Gasteiger partial charge in [0.15, 0.2) is 0 Å². The van der Waals surface area contributed by atoms with Gasteiger partial charge in [0.2, 0.25) is 0 Å². The second-order valence-electron chi connectivity index (χ2n) is 4.63. The Labute approximate surface area is 95.0 Å². The minimum atomic E-state index is 0.160. The van der Waals surface area contributed by atoms with Crippen molar-refractivity contribution in [2.75, 3.05) is 6.54 Å². The van der Waals surface area contributed by atoms with Crippen LogP contribution in [0.1, 0.15) is 27.7 Å². The van der Waals surface area contributed by atoms with Gasteiger partial charge in [-0.15, -0.1) is 0 Å². The summed E-state index contributed by atoms with van der Waals surface area (Å²) in [5.74, 6) is 0.275. The predicted molar refractivity (Wildman–Crippen MR) is 65.3 cm³/mol. The number of allylic oxidation sites excluding steroid dienone is 1. The van der Waals surface area contributed by atoms with Crippen molar-refractivity contribution >= 4 is 15.9 Å². The lowest BCUT2D eigenvalue weighted by atomic mass is 9.96. The molecule has 4 heteroatoms. The van der Waals surface area contributed by atoms with E-state index in [-0.39, 0.29) is 11.2 Å². The third-order valence-electron chi connectivity index (χ3n) is 1.57. The van der Waals surface area contributed by atoms with Crippen LogP contribution in [0, 0.1) is 5.41 Å². The van der Waals surface area contributed by atoms with E-state index in [1.165, 1.54) is 0 Å². The van der Waals surface area contributed by atoms with Gasteiger partial charge < -0.3 is 16.4 Å². The normalized spacial score (nSPS) is 10.9. The van der Waals surface area contributed by atoms with E-state index in [1.54, 1.807) is 0 Å². The maximum absolute atomic E-state index is 5.52. The van der Waals surface area contributed by atoms with Crippen molar-refractivity contribution < 1.29 is 0 Å². The van der Waals surface area contributed by atoms with Crippen LogP contribution in [0.5, 0.6) is 0 Å². The van der Waals surface area contributed by atoms with Gasteiger partial charge in [-0.25, -0.2) is 0 Å². The summed E-state index contributed by atoms with van der Waals surface area (Å²) in [6, 6.07) is 0. The highest BCUT2D eigenvalue weighted by Crippen LogP contribution is 2.24. The number of nitrogens with zero attached hydrogens (tertiary/aromatic N) is 1. The van der Waals surface area contributed by atoms with Crippen LogP contribution >= 0.6 is 15.9 Å². The van der Waals surface area contributed by atoms with Gasteiger partial charge >= 0.3 is 0 Å². The summed E-state index contributed by atoms with van der Waals surface area (Å²) in [7, 11) is 0. The van der Waals surface area contributed by atoms with Crippen molar-refractivity contribution in [3.05, 3.63) is 22.7 Å². The Balaban J connectivity index is 4.81. The molecule has 0 radical (unpaired) electrons. The number of nitrogens with two attached hydrogens (primary N) is 2. The molecule has 0 aromatic carbocycles. The summed E-state index contributed by atoms with van der Waals surface area (Å²) >= 11 is 3.36. The molecule has 0 aromatic heterocycles. The topological polar surface area (TPSA) is 55.3 Å². The standard InChI is InChI=1S/C10H20BrN3/c1-7(2)14(6-10(3,4)5)8(11)9(12)13/h1,6,12-13H2,2-5H3. The molecule has 0 spiro atoms. The van der Waals surface area contributed by atoms with Gasteiger partial charge in [0.25, 0.3) is 0 Å². The van der Waals surface area contributed by atoms with Crippen LogP contribution in [-0.2, 0) is 0 Å². The molecular formula is C10H20BrN3. The Morgan fingerprint density at radius 2 is 1.79 bits per heavy atom. The van der Waals surface area contributed by atoms with Gasteiger partial charge in [0.1, 0.15) is 10.4 Å². The lowest BCUT2D eigenvalue weighted by Gasteiger charge is -2.31. The summed E-state index contributed by atoms with van der Waals surface area (Å²) in [6.45, 7) is 13.1. The van der Waals surface area contributed by atoms with Gasteiger partial charge in [0, 0.05) is 12.2 Å². The predicted octanol–water partition coefficient (Wildman–Crippen LogP) is 2.31. The molecule has 0 saturated carbocycles. The molecule has 14 heavy (non-hydrogen) atoms. The highest BCUT2D eigenvalue weighted by Gasteiger charge is 2.19. The highest BCUT2D eigenvalue weighted by molar-refractivity contribution is 9.11. The molecule has 0 rings (SSSR count). The van der Waals surface area contributed by atoms with Gasteiger partial charge in [-0.3, -0.25) is 0 Å². The average molecular weight is 262 g/mol. The minimum Gasteiger partial charge on any atom is -0.384 e. The Morgan fingerprint density at radius 3 is 2.00 bits per heavy atom. The molecule has 82 valence electrons. The first-order valence-corrected chi connectivity index (χ1v) is 5.28. The summed E-state index contributed by atoms with van der Waals surface area (Å²) in [5, 5.41) is 0. The van der Waals surface area contributed by atoms with Crippen molar-refractivity contribution in [2.45, 2.75) is 27.7 Å². The fourth-order valence-corrected chi connectivity index (χ4v) is 1.43. The van der Waals surface area contributed by atoms with Crippen molar-refractivity contribution in [1.29, 1.82) is 0 Å². The molecular weight excluding hydrogens is 242 g/mol. The highest BCUT2D eigenvalue weighted by atomic mass is 79.9. The van der Waals surface area contributed by atoms with Crippen LogP contribution in [0.4, 0.5) is 0 Å². The molecule has 0 aliphatic carbocycles. The molecule has 0 fully saturated rings. The van der Waals surface area contributed by atoms with Crippen LogP contribution < -0.4 is 11.5 Å². The zero-order valence-electron chi connectivity index (χ0n) is 9.39. The Bertz CT molecular complexity index is 247. The van der Waals surface area contributed by atoms with Crippen molar-refractivity contribution in [1.82, 2.24) is 4.90 Å². The Morgan fingerprint density at radius 1 is 1.36 bits per heavy atom. The van der Waals surface area contributed by atoms with E-state index < -0.39 is 0 Å². The van der Waals surface area contributed by atoms with Crippen molar-refractivity contribution in [2.24, 2.45) is 16.9 Å². The molecule has 0 atom stereocenters. The van der Waals surface area contributed by atoms with Crippen LogP contribution in [0.2, 0.25) is 0 Å². The first-order chi connectivity index (χ1) is 6.15. The molecule has 0 aliphatic heterocycles. The largest absolute Gasteiger partial charge is 0.384 e. The van der Waals surface area contributed by atoms with Gasteiger partial charge in [0.05, 0.1) is 0 Å². The molecule has 0 aliphatic rings. The molecule has 0 aromatic rings. The number of hydrogen-bond acceptors (Lipinski definition) is 3. The first kappa shape index (κ1) is 13.4. The summed E-state index contributed by atoms with van der Waals surface area (Å²) in [6.07, 6.45) is 0. The molecule has 0 amide bonds. The van der Waals surface area contributed by atoms with Crippen LogP contribution in [0.15, 0.2) is 22.7 Å². The van der Waals surface area contributed by atoms with E-state index in [9.17, 15) is 0 Å². The van der Waals surface area contributed by atoms with Crippen LogP contribution in [0.3, 0.4) is 0 Å². The lowest BCUT2D eigenvalue weighted by molar-refractivity contribution is 0.286. The SMILES string of the molecule is C=C(C)N(CC(C)(C)C)C(Br)=C(N)N. The summed E-state index contributed by atoms with van der Waals surface area (Å²) in [5.41, 5.74) is 12.1. The van der Waals surface area contributed by atoms with Crippen LogP contribution in [-0.4, -0.2) is 11.4 Å². The van der Waals surface area contributed by atoms with Gasteiger partial charge in [-0.1, -0.05) is 27.4 Å². The second kappa shape index (κ2) is 4.73. The summed E-state index contributed by atoms with van der Waals surface area (Å²) < 4.78 is 0.694. The Kier molecular flexibility index (Phi) is 4.52. The number of rotatable bonds is 3. The molecule has 0 saturated heterocycles. The van der Waals surface area contributed by atoms with E-state index in [0.29, 0.717) is 4.61 Å². The lowest BCUT2D eigenvalue weighted by Crippen LogP contribution is -2.31. The van der Waals surface area contributed by atoms with E-state index in [1.807, 2.05) is 11.8 Å². The van der Waals surface area contributed by atoms with E-state index in [2.05, 4.69) is 43.3 Å². The first-order valence-electron chi connectivity index (χ1n) is 4.49. The fourth-order valence-electron chi connectivity index (χ4n) is 1.00. The quantitative estimate of drug-likeness (QED) is 0.767. The Hall–Kier alpha value is -0.640. The average Bonchev–Trinajstić information content (AvgIpc) is 1.96. The smallest absolute Gasteiger partial charge is 0.125 e. The molecule has 0 bridgehead atoms. The van der Waals surface area contributed by atoms with Crippen LogP contribution in [0.25, 0.3) is 0 Å². The monoisotopic (exact) mass is 261 g/mol. The van der Waals surface area contributed by atoms with E-state index in [0.717, 1.165) is 12.2 Å². The molecule has 3 nitrogen and oxygen atoms in total. The van der Waals surface area contributed by atoms with E-state index in [4.69, 9.17) is 11.5 Å². The third kappa shape index (κ3) is 4.56. The van der Waals surface area contributed by atoms with E-state index >= 15 is 0 Å². The van der Waals surface area contributed by atoms with Crippen molar-refractivity contribution in [3.63, 3.8) is 0 Å². The summed E-state index contributed by atoms with van der Waals surface area (Å²) in [4.78, 5) is 1.97. The minimum absolute atomic E-state index is 0.160. The maximum Gasteiger partial charge on any atom is 0.125 e. The zero-order valence-corrected chi connectivity index (χ0v) is 11.0. The third-order valence-corrected chi connectivity index (χ3v) is 2.45. The number of halogens is 1. The number of hydrogen-bond donors (Lipinski definition) is 2. The maximum atomic E-state index is 5.52. The zero-order chi connectivity index (χ0) is 11.5. The second-order valence-corrected chi connectivity index (χ2v) is 5.38. The van der Waals surface area contributed by atoms with Gasteiger partial charge in [-0.2, -0.15) is 0 Å². The molecule has 4 N–H and O–H groups in total. The van der Waals surface area contributed by atoms with Crippen molar-refractivity contribution in [3.8, 4) is 0 Å². The molecule has 0 unspecified atom stereocenters. The fraction of sp³-hybridized carbons (Fsp3) is 0.600. The van der Waals surface area contributed by atoms with Gasteiger partial charge in [-0.05, 0) is 28.3 Å². The molecule has 0 heterocycles.